The van der Waals surface area contributed by atoms with Crippen LogP contribution >= 0.6 is 11.8 Å². The minimum atomic E-state index is -0.889. The Balaban J connectivity index is 1.39. The highest BCUT2D eigenvalue weighted by atomic mass is 32.2. The van der Waals surface area contributed by atoms with Crippen LogP contribution in [0.5, 0.6) is 5.75 Å². The maximum absolute atomic E-state index is 14.6. The zero-order valence-corrected chi connectivity index (χ0v) is 25.5. The van der Waals surface area contributed by atoms with Crippen molar-refractivity contribution in [2.75, 3.05) is 37.7 Å². The molecule has 1 N–H and O–H groups in total. The van der Waals surface area contributed by atoms with E-state index in [9.17, 15) is 19.5 Å². The molecule has 0 radical (unpaired) electrons. The van der Waals surface area contributed by atoms with Crippen LogP contribution in [0.25, 0.3) is 0 Å². The quantitative estimate of drug-likeness (QED) is 0.345. The summed E-state index contributed by atoms with van der Waals surface area (Å²) in [5.74, 6) is -0.974. The number of unbranched alkanes of at least 4 members (excludes halogenated alkanes) is 1. The van der Waals surface area contributed by atoms with Crippen LogP contribution < -0.4 is 9.64 Å². The monoisotopic (exact) mass is 601 g/mol. The van der Waals surface area contributed by atoms with Gasteiger partial charge in [0.1, 0.15) is 11.8 Å². The van der Waals surface area contributed by atoms with E-state index >= 15 is 0 Å². The molecule has 2 fully saturated rings. The molecule has 0 bridgehead atoms. The zero-order chi connectivity index (χ0) is 30.2. The van der Waals surface area contributed by atoms with Crippen LogP contribution in [-0.2, 0) is 20.9 Å². The Hall–Kier alpha value is -3.56. The topological polar surface area (TPSA) is 90.4 Å². The number of benzene rings is 2. The van der Waals surface area contributed by atoms with Crippen molar-refractivity contribution in [3.63, 3.8) is 0 Å². The zero-order valence-electron chi connectivity index (χ0n) is 24.7. The lowest BCUT2D eigenvalue weighted by molar-refractivity contribution is -0.143. The molecule has 4 heterocycles. The van der Waals surface area contributed by atoms with E-state index in [0.717, 1.165) is 17.0 Å². The van der Waals surface area contributed by atoms with E-state index in [4.69, 9.17) is 4.74 Å². The van der Waals surface area contributed by atoms with E-state index in [0.29, 0.717) is 45.6 Å². The van der Waals surface area contributed by atoms with Crippen molar-refractivity contribution in [1.82, 2.24) is 9.80 Å². The average Bonchev–Trinajstić information content (AvgIpc) is 3.27. The Kier molecular flexibility index (Phi) is 8.13. The smallest absolute Gasteiger partial charge is 0.247 e. The number of carbonyl (C=O) groups is 3. The summed E-state index contributed by atoms with van der Waals surface area (Å²) in [6.07, 6.45) is 9.28. The second-order valence-electron chi connectivity index (χ2n) is 11.8. The number of hydrogen-bond acceptors (Lipinski definition) is 6. The third-order valence-corrected chi connectivity index (χ3v) is 10.9. The summed E-state index contributed by atoms with van der Waals surface area (Å²) in [6, 6.07) is 16.6. The van der Waals surface area contributed by atoms with Gasteiger partial charge in [0.25, 0.3) is 0 Å². The van der Waals surface area contributed by atoms with Crippen LogP contribution in [-0.4, -0.2) is 81.0 Å². The molecule has 226 valence electrons. The number of anilines is 1. The molecule has 1 unspecified atom stereocenters. The van der Waals surface area contributed by atoms with E-state index in [1.54, 1.807) is 21.6 Å². The summed E-state index contributed by atoms with van der Waals surface area (Å²) < 4.78 is 4.04. The van der Waals surface area contributed by atoms with Crippen LogP contribution in [0.2, 0.25) is 0 Å². The van der Waals surface area contributed by atoms with Gasteiger partial charge < -0.3 is 24.5 Å². The molecule has 2 aromatic rings. The second kappa shape index (κ2) is 11.8. The van der Waals surface area contributed by atoms with Gasteiger partial charge in [-0.05, 0) is 56.5 Å². The molecule has 8 nitrogen and oxygen atoms in total. The normalized spacial score (nSPS) is 29.8. The summed E-state index contributed by atoms with van der Waals surface area (Å²) in [4.78, 5) is 48.9. The molecule has 0 aliphatic carbocycles. The summed E-state index contributed by atoms with van der Waals surface area (Å²) in [7, 11) is 0. The Morgan fingerprint density at radius 3 is 2.37 bits per heavy atom. The Bertz CT molecular complexity index is 1430. The van der Waals surface area contributed by atoms with Crippen molar-refractivity contribution in [3.8, 4) is 5.75 Å². The number of thioether (sulfide) groups is 1. The Morgan fingerprint density at radius 1 is 0.907 bits per heavy atom. The van der Waals surface area contributed by atoms with Gasteiger partial charge in [-0.15, -0.1) is 11.8 Å². The number of ether oxygens (including phenoxy) is 1. The first-order valence-electron chi connectivity index (χ1n) is 15.2. The third kappa shape index (κ3) is 5.06. The van der Waals surface area contributed by atoms with E-state index in [2.05, 4.69) is 12.2 Å². The van der Waals surface area contributed by atoms with Crippen molar-refractivity contribution in [3.05, 3.63) is 84.5 Å². The molecular formula is C34H39N3O5S. The van der Waals surface area contributed by atoms with Gasteiger partial charge in [-0.2, -0.15) is 0 Å². The lowest BCUT2D eigenvalue weighted by Gasteiger charge is -2.37. The summed E-state index contributed by atoms with van der Waals surface area (Å²) in [6.45, 7) is 6.17. The Labute approximate surface area is 257 Å². The first-order chi connectivity index (χ1) is 20.8. The molecule has 0 saturated carbocycles. The van der Waals surface area contributed by atoms with Crippen molar-refractivity contribution in [2.24, 2.45) is 11.8 Å². The van der Waals surface area contributed by atoms with Gasteiger partial charge in [0.15, 0.2) is 0 Å². The van der Waals surface area contributed by atoms with Crippen LogP contribution in [0.15, 0.2) is 78.9 Å². The molecule has 3 amide bonds. The maximum Gasteiger partial charge on any atom is 0.247 e. The second-order valence-corrected chi connectivity index (χ2v) is 13.6. The molecule has 1 spiro atoms. The van der Waals surface area contributed by atoms with Gasteiger partial charge in [-0.25, -0.2) is 0 Å². The standard InChI is InChI=1S/C34H39N3O5S/c1-3-42-26-15-13-25(14-16-26)36-21-9-17-33(2)27(30(36)39)28-31(40)37(20-7-8-22-38)29-32(41)35(19-10-18-34(28,29)43-33)23-24-11-5-4-6-12-24/h4-6,9-18,27-29,38H,3,7-8,19-23H2,1-2H3/t27-,28+,29?,33+,34+/m1/s1. The summed E-state index contributed by atoms with van der Waals surface area (Å²) in [5, 5.41) is 9.48. The fourth-order valence-electron chi connectivity index (χ4n) is 7.27. The molecule has 4 aliphatic rings. The predicted octanol–water partition coefficient (Wildman–Crippen LogP) is 4.05. The lowest BCUT2D eigenvalue weighted by Crippen LogP contribution is -2.53. The van der Waals surface area contributed by atoms with Gasteiger partial charge >= 0.3 is 0 Å². The molecule has 6 rings (SSSR count). The van der Waals surface area contributed by atoms with Crippen LogP contribution in [0, 0.1) is 11.8 Å². The fourth-order valence-corrected chi connectivity index (χ4v) is 9.43. The maximum atomic E-state index is 14.6. The number of amides is 3. The fraction of sp³-hybridized carbons (Fsp3) is 0.441. The van der Waals surface area contributed by atoms with Crippen molar-refractivity contribution >= 4 is 35.2 Å². The summed E-state index contributed by atoms with van der Waals surface area (Å²) >= 11 is 1.59. The van der Waals surface area contributed by atoms with Gasteiger partial charge in [-0.3, -0.25) is 14.4 Å². The Morgan fingerprint density at radius 2 is 1.65 bits per heavy atom. The first kappa shape index (κ1) is 29.5. The molecule has 2 aromatic carbocycles. The minimum Gasteiger partial charge on any atom is -0.494 e. The molecule has 9 heteroatoms. The molecule has 5 atom stereocenters. The first-order valence-corrected chi connectivity index (χ1v) is 16.0. The number of aliphatic hydroxyl groups is 1. The van der Waals surface area contributed by atoms with Crippen molar-refractivity contribution in [2.45, 2.75) is 48.8 Å². The minimum absolute atomic E-state index is 0.0189. The summed E-state index contributed by atoms with van der Waals surface area (Å²) in [5.41, 5.74) is 1.77. The largest absolute Gasteiger partial charge is 0.494 e. The predicted molar refractivity (Wildman–Crippen MR) is 168 cm³/mol. The van der Waals surface area contributed by atoms with Gasteiger partial charge in [0.2, 0.25) is 17.7 Å². The molecule has 4 aliphatic heterocycles. The van der Waals surface area contributed by atoms with Gasteiger partial charge in [-0.1, -0.05) is 54.6 Å². The number of hydrogen-bond donors (Lipinski definition) is 1. The van der Waals surface area contributed by atoms with E-state index in [1.165, 1.54) is 0 Å². The number of fused-ring (bicyclic) bond motifs is 2. The lowest BCUT2D eigenvalue weighted by atomic mass is 9.74. The van der Waals surface area contributed by atoms with E-state index < -0.39 is 27.4 Å². The number of aliphatic hydroxyl groups excluding tert-OH is 1. The highest BCUT2D eigenvalue weighted by molar-refractivity contribution is 8.02. The highest BCUT2D eigenvalue weighted by Gasteiger charge is 2.73. The highest BCUT2D eigenvalue weighted by Crippen LogP contribution is 2.65. The van der Waals surface area contributed by atoms with Crippen molar-refractivity contribution < 1.29 is 24.2 Å². The van der Waals surface area contributed by atoms with Gasteiger partial charge in [0.05, 0.1) is 23.2 Å². The van der Waals surface area contributed by atoms with Crippen LogP contribution in [0.4, 0.5) is 5.69 Å². The van der Waals surface area contributed by atoms with E-state index in [-0.39, 0.29) is 24.3 Å². The number of nitrogens with zero attached hydrogens (tertiary/aromatic N) is 3. The number of likely N-dealkylation sites (tertiary alicyclic amines) is 1. The van der Waals surface area contributed by atoms with E-state index in [1.807, 2.05) is 85.5 Å². The van der Waals surface area contributed by atoms with Crippen LogP contribution in [0.3, 0.4) is 0 Å². The van der Waals surface area contributed by atoms with Crippen LogP contribution in [0.1, 0.15) is 32.3 Å². The molecule has 2 saturated heterocycles. The average molecular weight is 602 g/mol. The number of carbonyl (C=O) groups excluding carboxylic acids is 3. The molecule has 43 heavy (non-hydrogen) atoms. The van der Waals surface area contributed by atoms with Crippen molar-refractivity contribution in [1.29, 1.82) is 0 Å². The van der Waals surface area contributed by atoms with Gasteiger partial charge in [0, 0.05) is 43.2 Å². The number of rotatable bonds is 9. The molecular weight excluding hydrogens is 562 g/mol. The SMILES string of the molecule is CCOc1ccc(N2CC=C[C@]3(C)S[C@]45C=CCN(Cc6ccccc6)C(=O)C4N(CCCCO)C(=O)[C@@H]5[C@@H]3C2=O)cc1. The third-order valence-electron chi connectivity index (χ3n) is 9.12. The molecule has 0 aromatic heterocycles.